The van der Waals surface area contributed by atoms with E-state index in [9.17, 15) is 14.3 Å². The first-order valence-electron chi connectivity index (χ1n) is 6.99. The Kier molecular flexibility index (Phi) is 4.02. The van der Waals surface area contributed by atoms with Crippen LogP contribution in [0.2, 0.25) is 0 Å². The zero-order valence-corrected chi connectivity index (χ0v) is 13.3. The van der Waals surface area contributed by atoms with Crippen LogP contribution < -0.4 is 5.32 Å². The van der Waals surface area contributed by atoms with E-state index in [0.717, 1.165) is 10.0 Å². The highest BCUT2D eigenvalue weighted by molar-refractivity contribution is 9.10. The van der Waals surface area contributed by atoms with E-state index in [-0.39, 0.29) is 11.7 Å². The Labute approximate surface area is 136 Å². The first-order valence-corrected chi connectivity index (χ1v) is 7.79. The summed E-state index contributed by atoms with van der Waals surface area (Å²) in [5, 5.41) is 13.1. The first kappa shape index (κ1) is 15.2. The van der Waals surface area contributed by atoms with Crippen LogP contribution >= 0.6 is 15.9 Å². The minimum Gasteiger partial charge on any atom is -0.481 e. The Balaban J connectivity index is 2.10. The number of carboxylic acid groups (broad SMARTS) is 1. The van der Waals surface area contributed by atoms with Crippen LogP contribution in [0.4, 0.5) is 4.39 Å². The van der Waals surface area contributed by atoms with Crippen molar-refractivity contribution in [2.75, 3.05) is 13.1 Å². The number of nitrogens with one attached hydrogen (secondary N) is 1. The molecule has 1 aliphatic rings. The molecule has 0 unspecified atom stereocenters. The lowest BCUT2D eigenvalue weighted by atomic mass is 9.70. The summed E-state index contributed by atoms with van der Waals surface area (Å²) in [7, 11) is 0. The van der Waals surface area contributed by atoms with E-state index in [0.29, 0.717) is 18.7 Å². The molecule has 114 valence electrons. The van der Waals surface area contributed by atoms with E-state index < -0.39 is 11.4 Å². The Hall–Kier alpha value is -1.72. The molecular formula is C17H15BrFNO2. The van der Waals surface area contributed by atoms with Crippen LogP contribution in [0.1, 0.15) is 17.0 Å². The van der Waals surface area contributed by atoms with E-state index >= 15 is 0 Å². The Morgan fingerprint density at radius 1 is 1.18 bits per heavy atom. The van der Waals surface area contributed by atoms with Crippen molar-refractivity contribution in [1.82, 2.24) is 5.32 Å². The lowest BCUT2D eigenvalue weighted by Gasteiger charge is -2.31. The molecule has 2 aromatic carbocycles. The molecule has 0 amide bonds. The molecule has 0 radical (unpaired) electrons. The fourth-order valence-corrected chi connectivity index (χ4v) is 3.47. The second kappa shape index (κ2) is 5.82. The maximum atomic E-state index is 13.2. The van der Waals surface area contributed by atoms with Gasteiger partial charge in [0.15, 0.2) is 0 Å². The van der Waals surface area contributed by atoms with Crippen molar-refractivity contribution in [3.63, 3.8) is 0 Å². The highest BCUT2D eigenvalue weighted by Gasteiger charge is 2.51. The fourth-order valence-electron chi connectivity index (χ4n) is 3.21. The molecule has 3 nitrogen and oxygen atoms in total. The minimum absolute atomic E-state index is 0.205. The fraction of sp³-hybridized carbons (Fsp3) is 0.235. The third-order valence-electron chi connectivity index (χ3n) is 4.36. The topological polar surface area (TPSA) is 49.3 Å². The number of hydrogen-bond acceptors (Lipinski definition) is 2. The predicted octanol–water partition coefficient (Wildman–Crippen LogP) is 3.30. The van der Waals surface area contributed by atoms with Crippen LogP contribution in [-0.4, -0.2) is 24.2 Å². The average molecular weight is 364 g/mol. The average Bonchev–Trinajstić information content (AvgIpc) is 2.95. The van der Waals surface area contributed by atoms with Crippen LogP contribution in [0.3, 0.4) is 0 Å². The van der Waals surface area contributed by atoms with Crippen molar-refractivity contribution in [2.24, 2.45) is 0 Å². The summed E-state index contributed by atoms with van der Waals surface area (Å²) in [4.78, 5) is 12.1. The minimum atomic E-state index is -1.08. The van der Waals surface area contributed by atoms with Gasteiger partial charge in [-0.15, -0.1) is 0 Å². The standard InChI is InChI=1S/C17H15BrFNO2/c18-13-5-1-11(2-6-13)15-9-20-10-17(15,16(21)22)12-3-7-14(19)8-4-12/h1-8,15,20H,9-10H2,(H,21,22)/t15-,17-/m0/s1. The van der Waals surface area contributed by atoms with Gasteiger partial charge in [-0.05, 0) is 35.4 Å². The Morgan fingerprint density at radius 3 is 2.41 bits per heavy atom. The van der Waals surface area contributed by atoms with Crippen molar-refractivity contribution in [3.05, 3.63) is 69.9 Å². The smallest absolute Gasteiger partial charge is 0.316 e. The summed E-state index contributed by atoms with van der Waals surface area (Å²) in [6, 6.07) is 13.5. The van der Waals surface area contributed by atoms with Crippen LogP contribution in [0, 0.1) is 5.82 Å². The van der Waals surface area contributed by atoms with Crippen LogP contribution in [0.5, 0.6) is 0 Å². The quantitative estimate of drug-likeness (QED) is 0.879. The molecule has 0 saturated carbocycles. The normalized spacial score (nSPS) is 24.4. The van der Waals surface area contributed by atoms with Gasteiger partial charge in [-0.1, -0.05) is 40.2 Å². The number of carbonyl (C=O) groups is 1. The van der Waals surface area contributed by atoms with Gasteiger partial charge in [0.25, 0.3) is 0 Å². The molecule has 0 aromatic heterocycles. The molecule has 22 heavy (non-hydrogen) atoms. The highest BCUT2D eigenvalue weighted by Crippen LogP contribution is 2.42. The largest absolute Gasteiger partial charge is 0.481 e. The number of benzene rings is 2. The summed E-state index contributed by atoms with van der Waals surface area (Å²) >= 11 is 3.39. The molecule has 2 atom stereocenters. The molecule has 3 rings (SSSR count). The molecule has 0 aliphatic carbocycles. The summed E-state index contributed by atoms with van der Waals surface area (Å²) in [5.41, 5.74) is 0.501. The predicted molar refractivity (Wildman–Crippen MR) is 85.5 cm³/mol. The van der Waals surface area contributed by atoms with Crippen LogP contribution in [0.15, 0.2) is 53.0 Å². The van der Waals surface area contributed by atoms with Gasteiger partial charge in [-0.2, -0.15) is 0 Å². The van der Waals surface area contributed by atoms with Gasteiger partial charge >= 0.3 is 5.97 Å². The zero-order chi connectivity index (χ0) is 15.7. The van der Waals surface area contributed by atoms with E-state index in [4.69, 9.17) is 0 Å². The number of rotatable bonds is 3. The highest BCUT2D eigenvalue weighted by atomic mass is 79.9. The molecule has 2 aromatic rings. The molecule has 5 heteroatoms. The van der Waals surface area contributed by atoms with Crippen molar-refractivity contribution in [1.29, 1.82) is 0 Å². The summed E-state index contributed by atoms with van der Waals surface area (Å²) in [6.45, 7) is 0.903. The third kappa shape index (κ3) is 2.44. The van der Waals surface area contributed by atoms with Gasteiger partial charge in [-0.3, -0.25) is 4.79 Å². The SMILES string of the molecule is O=C(O)[C@]1(c2ccc(F)cc2)CNC[C@H]1c1ccc(Br)cc1. The Bertz CT molecular complexity index is 687. The molecule has 1 fully saturated rings. The molecule has 0 bridgehead atoms. The number of hydrogen-bond donors (Lipinski definition) is 2. The van der Waals surface area contributed by atoms with Gasteiger partial charge < -0.3 is 10.4 Å². The van der Waals surface area contributed by atoms with Gasteiger partial charge in [0, 0.05) is 23.5 Å². The van der Waals surface area contributed by atoms with E-state index in [1.54, 1.807) is 12.1 Å². The molecule has 2 N–H and O–H groups in total. The van der Waals surface area contributed by atoms with Gasteiger partial charge in [-0.25, -0.2) is 4.39 Å². The number of carboxylic acids is 1. The maximum Gasteiger partial charge on any atom is 0.316 e. The second-order valence-electron chi connectivity index (χ2n) is 5.52. The first-order chi connectivity index (χ1) is 10.5. The van der Waals surface area contributed by atoms with Crippen molar-refractivity contribution in [2.45, 2.75) is 11.3 Å². The van der Waals surface area contributed by atoms with E-state index in [1.807, 2.05) is 24.3 Å². The monoisotopic (exact) mass is 363 g/mol. The number of aliphatic carboxylic acids is 1. The van der Waals surface area contributed by atoms with Crippen molar-refractivity contribution in [3.8, 4) is 0 Å². The lowest BCUT2D eigenvalue weighted by Crippen LogP contribution is -2.42. The zero-order valence-electron chi connectivity index (χ0n) is 11.7. The van der Waals surface area contributed by atoms with Crippen molar-refractivity contribution >= 4 is 21.9 Å². The summed E-state index contributed by atoms with van der Waals surface area (Å²) in [6.07, 6.45) is 0. The number of halogens is 2. The summed E-state index contributed by atoms with van der Waals surface area (Å²) < 4.78 is 14.1. The van der Waals surface area contributed by atoms with Crippen molar-refractivity contribution < 1.29 is 14.3 Å². The Morgan fingerprint density at radius 2 is 1.82 bits per heavy atom. The van der Waals surface area contributed by atoms with E-state index in [1.165, 1.54) is 12.1 Å². The maximum absolute atomic E-state index is 13.2. The second-order valence-corrected chi connectivity index (χ2v) is 6.43. The van der Waals surface area contributed by atoms with Crippen LogP contribution in [-0.2, 0) is 10.2 Å². The van der Waals surface area contributed by atoms with Gasteiger partial charge in [0.2, 0.25) is 0 Å². The molecular weight excluding hydrogens is 349 g/mol. The van der Waals surface area contributed by atoms with Gasteiger partial charge in [0.05, 0.1) is 0 Å². The third-order valence-corrected chi connectivity index (χ3v) is 4.89. The summed E-state index contributed by atoms with van der Waals surface area (Å²) in [5.74, 6) is -1.46. The molecule has 1 saturated heterocycles. The molecule has 0 spiro atoms. The molecule has 1 aliphatic heterocycles. The lowest BCUT2D eigenvalue weighted by molar-refractivity contribution is -0.143. The molecule has 1 heterocycles. The van der Waals surface area contributed by atoms with Gasteiger partial charge in [0.1, 0.15) is 11.2 Å². The van der Waals surface area contributed by atoms with E-state index in [2.05, 4.69) is 21.2 Å². The van der Waals surface area contributed by atoms with Crippen LogP contribution in [0.25, 0.3) is 0 Å².